The van der Waals surface area contributed by atoms with E-state index in [2.05, 4.69) is 5.32 Å². The lowest BCUT2D eigenvalue weighted by Gasteiger charge is -2.34. The van der Waals surface area contributed by atoms with Crippen molar-refractivity contribution in [1.82, 2.24) is 5.32 Å². The smallest absolute Gasteiger partial charge is 0.336 e. The van der Waals surface area contributed by atoms with Gasteiger partial charge < -0.3 is 14.8 Å². The van der Waals surface area contributed by atoms with Gasteiger partial charge in [-0.05, 0) is 44.4 Å². The third-order valence-electron chi connectivity index (χ3n) is 4.75. The molecule has 1 aromatic carbocycles. The van der Waals surface area contributed by atoms with E-state index < -0.39 is 17.9 Å². The predicted molar refractivity (Wildman–Crippen MR) is 98.8 cm³/mol. The van der Waals surface area contributed by atoms with Crippen LogP contribution < -0.4 is 10.1 Å². The fourth-order valence-corrected chi connectivity index (χ4v) is 3.69. The van der Waals surface area contributed by atoms with Crippen molar-refractivity contribution in [2.75, 3.05) is 6.61 Å². The number of nitrogens with one attached hydrogen (secondary N) is 1. The topological polar surface area (TPSA) is 81.7 Å². The summed E-state index contributed by atoms with van der Waals surface area (Å²) in [6, 6.07) is 6.91. The van der Waals surface area contributed by atoms with Gasteiger partial charge >= 0.3 is 11.9 Å². The first kappa shape index (κ1) is 18.9. The van der Waals surface area contributed by atoms with E-state index >= 15 is 0 Å². The second-order valence-corrected chi connectivity index (χ2v) is 6.65. The zero-order valence-corrected chi connectivity index (χ0v) is 15.8. The summed E-state index contributed by atoms with van der Waals surface area (Å²) in [6.07, 6.45) is 2.04. The van der Waals surface area contributed by atoms with Gasteiger partial charge in [0.25, 0.3) is 0 Å². The molecule has 3 rings (SSSR count). The van der Waals surface area contributed by atoms with Gasteiger partial charge in [0.05, 0.1) is 12.2 Å². The molecule has 27 heavy (non-hydrogen) atoms. The molecule has 1 heterocycles. The van der Waals surface area contributed by atoms with Crippen LogP contribution in [0.4, 0.5) is 0 Å². The molecular formula is C21H23NO5. The molecule has 0 spiro atoms. The minimum Gasteiger partial charge on any atom is -0.463 e. The number of carbonyl (C=O) groups is 3. The second kappa shape index (κ2) is 7.78. The first-order chi connectivity index (χ1) is 12.9. The lowest BCUT2D eigenvalue weighted by atomic mass is 9.75. The molecule has 0 amide bonds. The van der Waals surface area contributed by atoms with Gasteiger partial charge in [-0.15, -0.1) is 0 Å². The van der Waals surface area contributed by atoms with E-state index in [1.54, 1.807) is 31.2 Å². The number of esters is 2. The summed E-state index contributed by atoms with van der Waals surface area (Å²) in [5, 5.41) is 3.24. The second-order valence-electron chi connectivity index (χ2n) is 6.65. The van der Waals surface area contributed by atoms with Crippen molar-refractivity contribution in [1.29, 1.82) is 0 Å². The number of benzene rings is 1. The maximum absolute atomic E-state index is 12.7. The van der Waals surface area contributed by atoms with Crippen LogP contribution in [0.25, 0.3) is 0 Å². The molecule has 1 aliphatic carbocycles. The summed E-state index contributed by atoms with van der Waals surface area (Å²) in [4.78, 5) is 36.5. The van der Waals surface area contributed by atoms with Crippen LogP contribution in [0.1, 0.15) is 51.5 Å². The van der Waals surface area contributed by atoms with Crippen molar-refractivity contribution in [2.45, 2.75) is 46.0 Å². The summed E-state index contributed by atoms with van der Waals surface area (Å²) < 4.78 is 10.3. The van der Waals surface area contributed by atoms with Crippen LogP contribution in [0.15, 0.2) is 46.8 Å². The number of carbonyl (C=O) groups excluding carboxylic acids is 3. The molecule has 0 aromatic heterocycles. The quantitative estimate of drug-likeness (QED) is 0.649. The largest absolute Gasteiger partial charge is 0.463 e. The van der Waals surface area contributed by atoms with Crippen molar-refractivity contribution in [2.24, 2.45) is 0 Å². The minimum absolute atomic E-state index is 0.0483. The lowest BCUT2D eigenvalue weighted by molar-refractivity contribution is -0.139. The first-order valence-corrected chi connectivity index (χ1v) is 9.12. The van der Waals surface area contributed by atoms with Crippen LogP contribution in [-0.2, 0) is 19.1 Å². The highest BCUT2D eigenvalue weighted by Gasteiger charge is 2.38. The number of rotatable bonds is 4. The van der Waals surface area contributed by atoms with Gasteiger partial charge in [0.15, 0.2) is 5.78 Å². The Bertz CT molecular complexity index is 848. The number of Topliss-reactive ketones (excluding diaryl/α,β-unsaturated/α-hetero) is 1. The van der Waals surface area contributed by atoms with Crippen molar-refractivity contribution in [3.8, 4) is 5.75 Å². The molecule has 142 valence electrons. The monoisotopic (exact) mass is 369 g/mol. The van der Waals surface area contributed by atoms with Gasteiger partial charge in [-0.25, -0.2) is 4.79 Å². The molecule has 0 radical (unpaired) electrons. The number of hydrogen-bond acceptors (Lipinski definition) is 6. The molecular weight excluding hydrogens is 346 g/mol. The molecule has 1 N–H and O–H groups in total. The molecule has 6 nitrogen and oxygen atoms in total. The Hall–Kier alpha value is -2.89. The van der Waals surface area contributed by atoms with E-state index in [9.17, 15) is 14.4 Å². The molecule has 1 aliphatic heterocycles. The fourth-order valence-electron chi connectivity index (χ4n) is 3.69. The normalized spacial score (nSPS) is 19.4. The van der Waals surface area contributed by atoms with Gasteiger partial charge in [0, 0.05) is 36.2 Å². The maximum Gasteiger partial charge on any atom is 0.336 e. The van der Waals surface area contributed by atoms with Gasteiger partial charge in [0.1, 0.15) is 5.75 Å². The Morgan fingerprint density at radius 1 is 1.19 bits per heavy atom. The van der Waals surface area contributed by atoms with E-state index in [0.717, 1.165) is 24.1 Å². The summed E-state index contributed by atoms with van der Waals surface area (Å²) in [5.41, 5.74) is 3.46. The molecule has 0 fully saturated rings. The molecule has 0 saturated heterocycles. The Kier molecular flexibility index (Phi) is 5.44. The van der Waals surface area contributed by atoms with E-state index in [4.69, 9.17) is 9.47 Å². The number of hydrogen-bond donors (Lipinski definition) is 1. The third kappa shape index (κ3) is 3.79. The van der Waals surface area contributed by atoms with Gasteiger partial charge in [-0.3, -0.25) is 9.59 Å². The van der Waals surface area contributed by atoms with Crippen molar-refractivity contribution in [3.05, 3.63) is 52.4 Å². The lowest BCUT2D eigenvalue weighted by Crippen LogP contribution is -2.34. The Morgan fingerprint density at radius 3 is 2.52 bits per heavy atom. The highest BCUT2D eigenvalue weighted by Crippen LogP contribution is 2.42. The van der Waals surface area contributed by atoms with Crippen molar-refractivity contribution >= 4 is 17.7 Å². The molecule has 0 bridgehead atoms. The molecule has 0 saturated carbocycles. The number of allylic oxidation sites excluding steroid dienone is 3. The number of ether oxygens (including phenoxy) is 2. The number of ketones is 1. The Balaban J connectivity index is 2.08. The van der Waals surface area contributed by atoms with Crippen molar-refractivity contribution < 1.29 is 23.9 Å². The zero-order valence-electron chi connectivity index (χ0n) is 15.8. The highest BCUT2D eigenvalue weighted by atomic mass is 16.5. The van der Waals surface area contributed by atoms with Crippen LogP contribution >= 0.6 is 0 Å². The summed E-state index contributed by atoms with van der Waals surface area (Å²) in [7, 11) is 0. The third-order valence-corrected chi connectivity index (χ3v) is 4.75. The van der Waals surface area contributed by atoms with Crippen LogP contribution in [0.2, 0.25) is 0 Å². The minimum atomic E-state index is -0.487. The van der Waals surface area contributed by atoms with E-state index in [1.807, 2.05) is 6.92 Å². The number of dihydropyridines is 1. The summed E-state index contributed by atoms with van der Waals surface area (Å²) >= 11 is 0. The van der Waals surface area contributed by atoms with Crippen LogP contribution in [0, 0.1) is 0 Å². The average Bonchev–Trinajstić information content (AvgIpc) is 2.61. The van der Waals surface area contributed by atoms with E-state index in [0.29, 0.717) is 29.0 Å². The Morgan fingerprint density at radius 2 is 1.89 bits per heavy atom. The van der Waals surface area contributed by atoms with Crippen molar-refractivity contribution in [3.63, 3.8) is 0 Å². The SMILES string of the molecule is CCOC(=O)C1=C(C)NC2=C(C(=O)CCC2)[C@H]1c1ccc(OC(C)=O)cc1. The first-order valence-electron chi connectivity index (χ1n) is 9.12. The van der Waals surface area contributed by atoms with Gasteiger partial charge in [0.2, 0.25) is 0 Å². The average molecular weight is 369 g/mol. The molecule has 6 heteroatoms. The predicted octanol–water partition coefficient (Wildman–Crippen LogP) is 3.14. The Labute approximate surface area is 158 Å². The maximum atomic E-state index is 12.7. The van der Waals surface area contributed by atoms with Crippen LogP contribution in [0.5, 0.6) is 5.75 Å². The van der Waals surface area contributed by atoms with Gasteiger partial charge in [-0.2, -0.15) is 0 Å². The van der Waals surface area contributed by atoms with E-state index in [-0.39, 0.29) is 12.4 Å². The fraction of sp³-hybridized carbons (Fsp3) is 0.381. The summed E-state index contributed by atoms with van der Waals surface area (Å²) in [6.45, 7) is 5.18. The molecule has 0 unspecified atom stereocenters. The van der Waals surface area contributed by atoms with Crippen LogP contribution in [-0.4, -0.2) is 24.3 Å². The molecule has 2 aliphatic rings. The molecule has 1 atom stereocenters. The zero-order chi connectivity index (χ0) is 19.6. The standard InChI is InChI=1S/C21H23NO5/c1-4-26-21(25)18-12(2)22-16-6-5-7-17(24)20(16)19(18)14-8-10-15(11-9-14)27-13(3)23/h8-11,19,22H,4-7H2,1-3H3/t19-/m0/s1. The highest BCUT2D eigenvalue weighted by molar-refractivity contribution is 6.03. The summed E-state index contributed by atoms with van der Waals surface area (Å²) in [5.74, 6) is -0.851. The van der Waals surface area contributed by atoms with Crippen LogP contribution in [0.3, 0.4) is 0 Å². The van der Waals surface area contributed by atoms with Gasteiger partial charge in [-0.1, -0.05) is 12.1 Å². The molecule has 1 aromatic rings. The van der Waals surface area contributed by atoms with E-state index in [1.165, 1.54) is 6.92 Å².